The van der Waals surface area contributed by atoms with Crippen LogP contribution in [0.2, 0.25) is 0 Å². The predicted octanol–water partition coefficient (Wildman–Crippen LogP) is 1.82. The van der Waals surface area contributed by atoms with Crippen molar-refractivity contribution in [1.82, 2.24) is 0 Å². The van der Waals surface area contributed by atoms with E-state index in [0.717, 1.165) is 18.4 Å². The monoisotopic (exact) mass is 222 g/mol. The second-order valence-electron chi connectivity index (χ2n) is 4.49. The molecular formula is C13H18O3. The second-order valence-corrected chi connectivity index (χ2v) is 4.49. The first-order chi connectivity index (χ1) is 7.65. The molecule has 0 unspecified atom stereocenters. The SMILES string of the molecule is C[C@H](O)C1(c2cccc(O)c2)CCOCC1. The quantitative estimate of drug-likeness (QED) is 0.802. The fourth-order valence-electron chi connectivity index (χ4n) is 2.50. The lowest BCUT2D eigenvalue weighted by atomic mass is 9.70. The van der Waals surface area contributed by atoms with E-state index in [1.807, 2.05) is 19.1 Å². The fourth-order valence-corrected chi connectivity index (χ4v) is 2.50. The summed E-state index contributed by atoms with van der Waals surface area (Å²) in [6.45, 7) is 3.15. The number of phenolic OH excluding ortho intramolecular Hbond substituents is 1. The minimum atomic E-state index is -0.432. The highest BCUT2D eigenvalue weighted by Crippen LogP contribution is 2.38. The maximum atomic E-state index is 10.0. The third kappa shape index (κ3) is 1.93. The minimum Gasteiger partial charge on any atom is -0.508 e. The number of hydrogen-bond acceptors (Lipinski definition) is 3. The third-order valence-electron chi connectivity index (χ3n) is 3.61. The number of aliphatic hydroxyl groups excluding tert-OH is 1. The lowest BCUT2D eigenvalue weighted by Gasteiger charge is -2.40. The number of rotatable bonds is 2. The molecule has 0 aliphatic carbocycles. The van der Waals surface area contributed by atoms with E-state index in [4.69, 9.17) is 4.74 Å². The number of benzene rings is 1. The Kier molecular flexibility index (Phi) is 3.17. The summed E-state index contributed by atoms with van der Waals surface area (Å²) in [4.78, 5) is 0. The Bertz CT molecular complexity index is 354. The van der Waals surface area contributed by atoms with Crippen molar-refractivity contribution in [3.63, 3.8) is 0 Å². The van der Waals surface area contributed by atoms with Crippen molar-refractivity contribution in [3.8, 4) is 5.75 Å². The van der Waals surface area contributed by atoms with Crippen molar-refractivity contribution in [2.24, 2.45) is 0 Å². The van der Waals surface area contributed by atoms with Gasteiger partial charge in [-0.3, -0.25) is 0 Å². The molecule has 1 atom stereocenters. The third-order valence-corrected chi connectivity index (χ3v) is 3.61. The predicted molar refractivity (Wildman–Crippen MR) is 61.5 cm³/mol. The highest BCUT2D eigenvalue weighted by atomic mass is 16.5. The molecular weight excluding hydrogens is 204 g/mol. The molecule has 1 aromatic carbocycles. The Morgan fingerprint density at radius 3 is 2.56 bits per heavy atom. The molecule has 0 aromatic heterocycles. The second kappa shape index (κ2) is 4.44. The highest BCUT2D eigenvalue weighted by molar-refractivity contribution is 5.34. The van der Waals surface area contributed by atoms with E-state index in [9.17, 15) is 10.2 Å². The van der Waals surface area contributed by atoms with Crippen LogP contribution in [0.5, 0.6) is 5.75 Å². The first kappa shape index (κ1) is 11.4. The van der Waals surface area contributed by atoms with Gasteiger partial charge in [-0.2, -0.15) is 0 Å². The zero-order valence-electron chi connectivity index (χ0n) is 9.52. The van der Waals surface area contributed by atoms with Gasteiger partial charge in [-0.1, -0.05) is 12.1 Å². The molecule has 3 nitrogen and oxygen atoms in total. The standard InChI is InChI=1S/C13H18O3/c1-10(14)13(5-7-16-8-6-13)11-3-2-4-12(15)9-11/h2-4,9-10,14-15H,5-8H2,1H3/t10-/m0/s1. The van der Waals surface area contributed by atoms with Crippen molar-refractivity contribution in [2.75, 3.05) is 13.2 Å². The van der Waals surface area contributed by atoms with Gasteiger partial charge in [0.2, 0.25) is 0 Å². The Balaban J connectivity index is 2.38. The van der Waals surface area contributed by atoms with Gasteiger partial charge in [0.1, 0.15) is 5.75 Å². The van der Waals surface area contributed by atoms with Crippen LogP contribution in [-0.2, 0) is 10.2 Å². The summed E-state index contributed by atoms with van der Waals surface area (Å²) < 4.78 is 5.35. The Morgan fingerprint density at radius 1 is 1.31 bits per heavy atom. The smallest absolute Gasteiger partial charge is 0.115 e. The molecule has 2 rings (SSSR count). The Hall–Kier alpha value is -1.06. The number of hydrogen-bond donors (Lipinski definition) is 2. The minimum absolute atomic E-state index is 0.254. The first-order valence-electron chi connectivity index (χ1n) is 5.70. The Morgan fingerprint density at radius 2 is 2.00 bits per heavy atom. The van der Waals surface area contributed by atoms with Gasteiger partial charge in [0.25, 0.3) is 0 Å². The molecule has 0 radical (unpaired) electrons. The largest absolute Gasteiger partial charge is 0.508 e. The van der Waals surface area contributed by atoms with Crippen LogP contribution in [0.4, 0.5) is 0 Å². The van der Waals surface area contributed by atoms with E-state index in [1.165, 1.54) is 0 Å². The topological polar surface area (TPSA) is 49.7 Å². The van der Waals surface area contributed by atoms with E-state index in [0.29, 0.717) is 13.2 Å². The molecule has 1 aliphatic heterocycles. The van der Waals surface area contributed by atoms with Crippen molar-refractivity contribution in [1.29, 1.82) is 0 Å². The van der Waals surface area contributed by atoms with Gasteiger partial charge in [-0.25, -0.2) is 0 Å². The van der Waals surface area contributed by atoms with Crippen molar-refractivity contribution >= 4 is 0 Å². The summed E-state index contributed by atoms with van der Waals surface area (Å²) in [5.74, 6) is 0.254. The molecule has 2 N–H and O–H groups in total. The zero-order chi connectivity index (χ0) is 11.6. The lowest BCUT2D eigenvalue weighted by molar-refractivity contribution is -0.00845. The van der Waals surface area contributed by atoms with Crippen LogP contribution in [-0.4, -0.2) is 29.5 Å². The van der Waals surface area contributed by atoms with E-state index in [1.54, 1.807) is 12.1 Å². The Labute approximate surface area is 95.7 Å². The maximum absolute atomic E-state index is 10.0. The number of ether oxygens (including phenoxy) is 1. The number of phenols is 1. The zero-order valence-corrected chi connectivity index (χ0v) is 9.52. The average molecular weight is 222 g/mol. The van der Waals surface area contributed by atoms with Crippen LogP contribution in [0.25, 0.3) is 0 Å². The maximum Gasteiger partial charge on any atom is 0.115 e. The van der Waals surface area contributed by atoms with Crippen LogP contribution in [0.3, 0.4) is 0 Å². The van der Waals surface area contributed by atoms with E-state index >= 15 is 0 Å². The number of aromatic hydroxyl groups is 1. The van der Waals surface area contributed by atoms with Crippen molar-refractivity contribution < 1.29 is 14.9 Å². The normalized spacial score (nSPS) is 21.6. The molecule has 0 amide bonds. The fraction of sp³-hybridized carbons (Fsp3) is 0.538. The van der Waals surface area contributed by atoms with Gasteiger partial charge >= 0.3 is 0 Å². The molecule has 88 valence electrons. The summed E-state index contributed by atoms with van der Waals surface area (Å²) in [5.41, 5.74) is 0.738. The molecule has 1 aliphatic rings. The molecule has 16 heavy (non-hydrogen) atoms. The molecule has 0 bridgehead atoms. The average Bonchev–Trinajstić information content (AvgIpc) is 2.30. The van der Waals surface area contributed by atoms with Gasteiger partial charge in [-0.15, -0.1) is 0 Å². The van der Waals surface area contributed by atoms with Crippen molar-refractivity contribution in [2.45, 2.75) is 31.3 Å². The van der Waals surface area contributed by atoms with E-state index in [2.05, 4.69) is 0 Å². The molecule has 0 spiro atoms. The molecule has 0 saturated carbocycles. The molecule has 3 heteroatoms. The summed E-state index contributed by atoms with van der Waals surface area (Å²) >= 11 is 0. The van der Waals surface area contributed by atoms with Crippen LogP contribution in [0, 0.1) is 0 Å². The van der Waals surface area contributed by atoms with Crippen LogP contribution < -0.4 is 0 Å². The van der Waals surface area contributed by atoms with Gasteiger partial charge in [0, 0.05) is 18.6 Å². The molecule has 1 saturated heterocycles. The summed E-state index contributed by atoms with van der Waals surface area (Å²) in [5, 5.41) is 19.6. The number of aliphatic hydroxyl groups is 1. The van der Waals surface area contributed by atoms with Gasteiger partial charge < -0.3 is 14.9 Å². The summed E-state index contributed by atoms with van der Waals surface area (Å²) in [6, 6.07) is 7.19. The van der Waals surface area contributed by atoms with Gasteiger partial charge in [0.05, 0.1) is 6.10 Å². The van der Waals surface area contributed by atoms with Crippen molar-refractivity contribution in [3.05, 3.63) is 29.8 Å². The molecule has 1 heterocycles. The van der Waals surface area contributed by atoms with E-state index in [-0.39, 0.29) is 11.2 Å². The molecule has 1 fully saturated rings. The first-order valence-corrected chi connectivity index (χ1v) is 5.70. The van der Waals surface area contributed by atoms with Crippen LogP contribution in [0.15, 0.2) is 24.3 Å². The van der Waals surface area contributed by atoms with Crippen LogP contribution in [0.1, 0.15) is 25.3 Å². The van der Waals surface area contributed by atoms with Gasteiger partial charge in [-0.05, 0) is 37.5 Å². The van der Waals surface area contributed by atoms with E-state index < -0.39 is 6.10 Å². The van der Waals surface area contributed by atoms with Gasteiger partial charge in [0.15, 0.2) is 0 Å². The highest BCUT2D eigenvalue weighted by Gasteiger charge is 2.38. The van der Waals surface area contributed by atoms with Crippen LogP contribution >= 0.6 is 0 Å². The summed E-state index contributed by atoms with van der Waals surface area (Å²) in [7, 11) is 0. The molecule has 1 aromatic rings. The summed E-state index contributed by atoms with van der Waals surface area (Å²) in [6.07, 6.45) is 1.17. The lowest BCUT2D eigenvalue weighted by Crippen LogP contribution is -2.42.